The minimum atomic E-state index is -4.24. The van der Waals surface area contributed by atoms with Crippen LogP contribution in [0.2, 0.25) is 10.0 Å². The molecule has 1 atom stereocenters. The second-order valence-electron chi connectivity index (χ2n) is 9.75. The summed E-state index contributed by atoms with van der Waals surface area (Å²) in [6.07, 6.45) is 1.72. The summed E-state index contributed by atoms with van der Waals surface area (Å²) in [6, 6.07) is 17.5. The minimum absolute atomic E-state index is 0.00242. The third kappa shape index (κ3) is 7.99. The molecular formula is C30H35Cl2N3O4S. The molecule has 0 spiro atoms. The van der Waals surface area contributed by atoms with Crippen molar-refractivity contribution in [2.45, 2.75) is 58.0 Å². The normalized spacial score (nSPS) is 12.1. The molecule has 0 bridgehead atoms. The van der Waals surface area contributed by atoms with Crippen molar-refractivity contribution in [1.29, 1.82) is 0 Å². The molecule has 0 unspecified atom stereocenters. The van der Waals surface area contributed by atoms with Crippen LogP contribution in [-0.2, 0) is 26.2 Å². The molecule has 0 aromatic heterocycles. The first-order chi connectivity index (χ1) is 18.9. The molecular weight excluding hydrogens is 569 g/mol. The van der Waals surface area contributed by atoms with Gasteiger partial charge in [0, 0.05) is 18.1 Å². The SMILES string of the molecule is CCCCNC(=O)[C@H](C)N(Cc1ccc(C)cc1)C(=O)CN(c1cc(Cl)ccc1Cl)S(=O)(=O)c1ccc(C)cc1. The molecule has 0 fully saturated rings. The number of unbranched alkanes of at least 4 members (excludes halogenated alkanes) is 1. The lowest BCUT2D eigenvalue weighted by Crippen LogP contribution is -2.51. The largest absolute Gasteiger partial charge is 0.354 e. The van der Waals surface area contributed by atoms with Gasteiger partial charge >= 0.3 is 0 Å². The Bertz CT molecular complexity index is 1430. The maximum atomic E-state index is 14.0. The predicted molar refractivity (Wildman–Crippen MR) is 161 cm³/mol. The molecule has 7 nitrogen and oxygen atoms in total. The summed E-state index contributed by atoms with van der Waals surface area (Å²) in [5.41, 5.74) is 2.81. The summed E-state index contributed by atoms with van der Waals surface area (Å²) < 4.78 is 28.8. The number of hydrogen-bond acceptors (Lipinski definition) is 4. The van der Waals surface area contributed by atoms with Crippen LogP contribution in [0, 0.1) is 13.8 Å². The third-order valence-corrected chi connectivity index (χ3v) is 8.86. The topological polar surface area (TPSA) is 86.8 Å². The number of carbonyl (C=O) groups excluding carboxylic acids is 2. The van der Waals surface area contributed by atoms with E-state index in [4.69, 9.17) is 23.2 Å². The van der Waals surface area contributed by atoms with Crippen molar-refractivity contribution in [3.05, 3.63) is 93.5 Å². The zero-order valence-electron chi connectivity index (χ0n) is 23.2. The van der Waals surface area contributed by atoms with Crippen LogP contribution in [0.3, 0.4) is 0 Å². The van der Waals surface area contributed by atoms with Crippen molar-refractivity contribution >= 4 is 50.7 Å². The van der Waals surface area contributed by atoms with Gasteiger partial charge in [-0.3, -0.25) is 13.9 Å². The molecule has 0 saturated carbocycles. The highest BCUT2D eigenvalue weighted by Gasteiger charge is 2.33. The summed E-state index contributed by atoms with van der Waals surface area (Å²) in [7, 11) is -4.24. The molecule has 0 aliphatic heterocycles. The van der Waals surface area contributed by atoms with E-state index >= 15 is 0 Å². The van der Waals surface area contributed by atoms with Crippen molar-refractivity contribution < 1.29 is 18.0 Å². The monoisotopic (exact) mass is 603 g/mol. The number of anilines is 1. The number of nitrogens with zero attached hydrogens (tertiary/aromatic N) is 2. The van der Waals surface area contributed by atoms with E-state index in [9.17, 15) is 18.0 Å². The number of amides is 2. The zero-order valence-corrected chi connectivity index (χ0v) is 25.5. The standard InChI is InChI=1S/C30H35Cl2N3O4S/c1-5-6-17-33-30(37)23(4)34(19-24-11-7-21(2)8-12-24)29(36)20-35(28-18-25(31)13-16-27(28)32)40(38,39)26-14-9-22(3)10-15-26/h7-16,18,23H,5-6,17,19-20H2,1-4H3,(H,33,37)/t23-/m0/s1. The first kappa shape index (κ1) is 31.5. The number of rotatable bonds is 12. The van der Waals surface area contributed by atoms with Gasteiger partial charge in [0.25, 0.3) is 10.0 Å². The Kier molecular flexibility index (Phi) is 11.0. The molecule has 0 aliphatic rings. The van der Waals surface area contributed by atoms with E-state index in [1.54, 1.807) is 19.1 Å². The second-order valence-corrected chi connectivity index (χ2v) is 12.5. The Balaban J connectivity index is 2.04. The van der Waals surface area contributed by atoms with Crippen molar-refractivity contribution in [2.75, 3.05) is 17.4 Å². The van der Waals surface area contributed by atoms with Crippen molar-refractivity contribution in [3.63, 3.8) is 0 Å². The van der Waals surface area contributed by atoms with E-state index in [0.29, 0.717) is 6.54 Å². The predicted octanol–water partition coefficient (Wildman–Crippen LogP) is 6.14. The highest BCUT2D eigenvalue weighted by molar-refractivity contribution is 7.92. The van der Waals surface area contributed by atoms with Gasteiger partial charge in [0.05, 0.1) is 15.6 Å². The quantitative estimate of drug-likeness (QED) is 0.252. The molecule has 10 heteroatoms. The zero-order chi connectivity index (χ0) is 29.4. The van der Waals surface area contributed by atoms with Crippen molar-refractivity contribution in [2.24, 2.45) is 0 Å². The summed E-state index contributed by atoms with van der Waals surface area (Å²) in [5, 5.41) is 3.25. The average Bonchev–Trinajstić information content (AvgIpc) is 2.92. The maximum Gasteiger partial charge on any atom is 0.264 e. The Morgan fingerprint density at radius 3 is 2.12 bits per heavy atom. The molecule has 0 heterocycles. The van der Waals surface area contributed by atoms with Crippen molar-refractivity contribution in [3.8, 4) is 0 Å². The van der Waals surface area contributed by atoms with Gasteiger partial charge < -0.3 is 10.2 Å². The van der Waals surface area contributed by atoms with Gasteiger partial charge in [-0.15, -0.1) is 0 Å². The van der Waals surface area contributed by atoms with Gasteiger partial charge in [-0.25, -0.2) is 8.42 Å². The molecule has 40 heavy (non-hydrogen) atoms. The number of aryl methyl sites for hydroxylation is 2. The number of benzene rings is 3. The summed E-state index contributed by atoms with van der Waals surface area (Å²) >= 11 is 12.7. The molecule has 3 aromatic carbocycles. The van der Waals surface area contributed by atoms with Crippen LogP contribution in [0.15, 0.2) is 71.6 Å². The molecule has 0 saturated heterocycles. The lowest BCUT2D eigenvalue weighted by atomic mass is 10.1. The minimum Gasteiger partial charge on any atom is -0.354 e. The third-order valence-electron chi connectivity index (χ3n) is 6.54. The van der Waals surface area contributed by atoms with Crippen LogP contribution in [0.1, 0.15) is 43.4 Å². The molecule has 3 rings (SSSR count). The average molecular weight is 605 g/mol. The molecule has 1 N–H and O–H groups in total. The van der Waals surface area contributed by atoms with E-state index in [2.05, 4.69) is 5.32 Å². The summed E-state index contributed by atoms with van der Waals surface area (Å²) in [6.45, 7) is 7.47. The van der Waals surface area contributed by atoms with Crippen LogP contribution in [0.4, 0.5) is 5.69 Å². The number of carbonyl (C=O) groups is 2. The Hall–Kier alpha value is -3.07. The maximum absolute atomic E-state index is 14.0. The summed E-state index contributed by atoms with van der Waals surface area (Å²) in [4.78, 5) is 28.4. The lowest BCUT2D eigenvalue weighted by molar-refractivity contribution is -0.139. The van der Waals surface area contributed by atoms with Gasteiger partial charge in [0.2, 0.25) is 11.8 Å². The summed E-state index contributed by atoms with van der Waals surface area (Å²) in [5.74, 6) is -0.881. The molecule has 3 aromatic rings. The fourth-order valence-electron chi connectivity index (χ4n) is 4.04. The van der Waals surface area contributed by atoms with Crippen LogP contribution in [-0.4, -0.2) is 44.3 Å². The van der Waals surface area contributed by atoms with E-state index in [0.717, 1.165) is 33.8 Å². The second kappa shape index (κ2) is 14.0. The highest BCUT2D eigenvalue weighted by atomic mass is 35.5. The molecule has 0 radical (unpaired) electrons. The van der Waals surface area contributed by atoms with Crippen LogP contribution in [0.25, 0.3) is 0 Å². The first-order valence-corrected chi connectivity index (χ1v) is 15.3. The van der Waals surface area contributed by atoms with E-state index in [1.165, 1.54) is 35.2 Å². The Morgan fingerprint density at radius 2 is 1.52 bits per heavy atom. The van der Waals surface area contributed by atoms with E-state index in [1.807, 2.05) is 45.0 Å². The Labute approximate surface area is 247 Å². The van der Waals surface area contributed by atoms with E-state index in [-0.39, 0.29) is 33.1 Å². The van der Waals surface area contributed by atoms with E-state index < -0.39 is 28.5 Å². The highest BCUT2D eigenvalue weighted by Crippen LogP contribution is 2.33. The number of nitrogens with one attached hydrogen (secondary N) is 1. The Morgan fingerprint density at radius 1 is 0.925 bits per heavy atom. The fraction of sp³-hybridized carbons (Fsp3) is 0.333. The van der Waals surface area contributed by atoms with Crippen LogP contribution < -0.4 is 9.62 Å². The van der Waals surface area contributed by atoms with Gasteiger partial charge in [0.15, 0.2) is 0 Å². The lowest BCUT2D eigenvalue weighted by Gasteiger charge is -2.32. The molecule has 0 aliphatic carbocycles. The number of halogens is 2. The van der Waals surface area contributed by atoms with Crippen molar-refractivity contribution in [1.82, 2.24) is 10.2 Å². The van der Waals surface area contributed by atoms with Gasteiger partial charge in [-0.2, -0.15) is 0 Å². The van der Waals surface area contributed by atoms with Crippen LogP contribution >= 0.6 is 23.2 Å². The van der Waals surface area contributed by atoms with Gasteiger partial charge in [0.1, 0.15) is 12.6 Å². The van der Waals surface area contributed by atoms with Gasteiger partial charge in [-0.05, 0) is 63.1 Å². The number of sulfonamides is 1. The van der Waals surface area contributed by atoms with Crippen LogP contribution in [0.5, 0.6) is 0 Å². The van der Waals surface area contributed by atoms with Gasteiger partial charge in [-0.1, -0.05) is 84.1 Å². The first-order valence-electron chi connectivity index (χ1n) is 13.1. The molecule has 214 valence electrons. The fourth-order valence-corrected chi connectivity index (χ4v) is 5.90. The smallest absolute Gasteiger partial charge is 0.264 e. The number of hydrogen-bond donors (Lipinski definition) is 1. The molecule has 2 amide bonds.